The Morgan fingerprint density at radius 1 is 0.920 bits per heavy atom. The predicted molar refractivity (Wildman–Crippen MR) is 90.1 cm³/mol. The first-order valence-electron chi connectivity index (χ1n) is 7.44. The summed E-state index contributed by atoms with van der Waals surface area (Å²) in [5.74, 6) is -0.752. The molecular formula is C18H18N2O5. The van der Waals surface area contributed by atoms with Crippen LogP contribution < -0.4 is 15.6 Å². The van der Waals surface area contributed by atoms with Crippen molar-refractivity contribution in [1.29, 1.82) is 0 Å². The maximum absolute atomic E-state index is 12.1. The molecule has 7 nitrogen and oxygen atoms in total. The minimum atomic E-state index is -0.543. The Bertz CT molecular complexity index is 771. The fourth-order valence-corrected chi connectivity index (χ4v) is 2.08. The number of carbonyl (C=O) groups is 3. The van der Waals surface area contributed by atoms with Crippen molar-refractivity contribution in [2.24, 2.45) is 0 Å². The second-order valence-electron chi connectivity index (χ2n) is 5.10. The van der Waals surface area contributed by atoms with Gasteiger partial charge in [0.15, 0.2) is 0 Å². The molecule has 0 saturated carbocycles. The number of ether oxygens (including phenoxy) is 2. The molecule has 7 heteroatoms. The van der Waals surface area contributed by atoms with Crippen molar-refractivity contribution in [2.45, 2.75) is 6.42 Å². The summed E-state index contributed by atoms with van der Waals surface area (Å²) < 4.78 is 9.65. The third kappa shape index (κ3) is 5.07. The van der Waals surface area contributed by atoms with Gasteiger partial charge in [-0.25, -0.2) is 4.79 Å². The van der Waals surface area contributed by atoms with Crippen molar-refractivity contribution >= 4 is 17.8 Å². The lowest BCUT2D eigenvalue weighted by atomic mass is 10.1. The average molecular weight is 342 g/mol. The highest BCUT2D eigenvalue weighted by Gasteiger charge is 2.11. The number of nitrogens with one attached hydrogen (secondary N) is 2. The smallest absolute Gasteiger partial charge is 0.337 e. The average Bonchev–Trinajstić information content (AvgIpc) is 2.66. The number of carbonyl (C=O) groups excluding carboxylic acids is 3. The zero-order chi connectivity index (χ0) is 18.2. The van der Waals surface area contributed by atoms with E-state index in [9.17, 15) is 14.4 Å². The van der Waals surface area contributed by atoms with Crippen molar-refractivity contribution in [2.75, 3.05) is 14.2 Å². The summed E-state index contributed by atoms with van der Waals surface area (Å²) in [6.45, 7) is 0. The van der Waals surface area contributed by atoms with Gasteiger partial charge in [-0.1, -0.05) is 18.2 Å². The minimum absolute atomic E-state index is 0.104. The number of hydrogen-bond donors (Lipinski definition) is 2. The first-order chi connectivity index (χ1) is 12.0. The molecule has 0 saturated heterocycles. The molecule has 0 fully saturated rings. The predicted octanol–water partition coefficient (Wildman–Crippen LogP) is 1.49. The third-order valence-corrected chi connectivity index (χ3v) is 3.39. The van der Waals surface area contributed by atoms with Gasteiger partial charge in [0.1, 0.15) is 5.75 Å². The molecule has 0 heterocycles. The highest BCUT2D eigenvalue weighted by Crippen LogP contribution is 2.11. The number of esters is 1. The summed E-state index contributed by atoms with van der Waals surface area (Å²) >= 11 is 0. The lowest BCUT2D eigenvalue weighted by Crippen LogP contribution is -2.42. The number of rotatable bonds is 5. The molecule has 0 aromatic heterocycles. The van der Waals surface area contributed by atoms with Crippen molar-refractivity contribution < 1.29 is 23.9 Å². The monoisotopic (exact) mass is 342 g/mol. The number of amides is 2. The Morgan fingerprint density at radius 3 is 2.24 bits per heavy atom. The van der Waals surface area contributed by atoms with Crippen molar-refractivity contribution in [3.05, 3.63) is 65.2 Å². The van der Waals surface area contributed by atoms with E-state index in [2.05, 4.69) is 15.6 Å². The Balaban J connectivity index is 1.90. The van der Waals surface area contributed by atoms with E-state index in [-0.39, 0.29) is 23.5 Å². The summed E-state index contributed by atoms with van der Waals surface area (Å²) in [6.07, 6.45) is 0.104. The van der Waals surface area contributed by atoms with Gasteiger partial charge in [0.25, 0.3) is 5.91 Å². The molecule has 2 aromatic carbocycles. The van der Waals surface area contributed by atoms with E-state index in [0.717, 1.165) is 5.56 Å². The van der Waals surface area contributed by atoms with E-state index in [0.29, 0.717) is 5.75 Å². The molecule has 0 bridgehead atoms. The maximum atomic E-state index is 12.1. The number of hydrogen-bond acceptors (Lipinski definition) is 5. The first-order valence-corrected chi connectivity index (χ1v) is 7.44. The van der Waals surface area contributed by atoms with Crippen molar-refractivity contribution in [3.63, 3.8) is 0 Å². The van der Waals surface area contributed by atoms with Crippen molar-refractivity contribution in [3.8, 4) is 5.75 Å². The van der Waals surface area contributed by atoms with E-state index >= 15 is 0 Å². The van der Waals surface area contributed by atoms with Crippen LogP contribution in [0.1, 0.15) is 26.3 Å². The zero-order valence-corrected chi connectivity index (χ0v) is 13.9. The van der Waals surface area contributed by atoms with Gasteiger partial charge in [-0.05, 0) is 35.9 Å². The van der Waals surface area contributed by atoms with E-state index in [1.165, 1.54) is 25.3 Å². The summed E-state index contributed by atoms with van der Waals surface area (Å²) in [4.78, 5) is 35.4. The molecule has 0 atom stereocenters. The lowest BCUT2D eigenvalue weighted by Gasteiger charge is -2.08. The van der Waals surface area contributed by atoms with Gasteiger partial charge in [0.2, 0.25) is 5.91 Å². The highest BCUT2D eigenvalue weighted by atomic mass is 16.5. The fraction of sp³-hybridized carbons (Fsp3) is 0.167. The van der Waals surface area contributed by atoms with Gasteiger partial charge in [0, 0.05) is 5.56 Å². The number of benzene rings is 2. The molecule has 0 aliphatic rings. The second-order valence-corrected chi connectivity index (χ2v) is 5.10. The summed E-state index contributed by atoms with van der Waals surface area (Å²) in [6, 6.07) is 13.0. The Kier molecular flexibility index (Phi) is 6.11. The molecule has 0 unspecified atom stereocenters. The van der Waals surface area contributed by atoms with E-state index < -0.39 is 11.9 Å². The molecule has 130 valence electrons. The molecule has 0 aliphatic carbocycles. The fourth-order valence-electron chi connectivity index (χ4n) is 2.08. The van der Waals surface area contributed by atoms with Crippen LogP contribution in [0.4, 0.5) is 0 Å². The Morgan fingerprint density at radius 2 is 1.60 bits per heavy atom. The van der Waals surface area contributed by atoms with Crippen LogP contribution in [0, 0.1) is 0 Å². The standard InChI is InChI=1S/C18H18N2O5/c1-24-15-8-6-12(7-9-15)10-16(21)19-20-17(22)13-4-3-5-14(11-13)18(23)25-2/h3-9,11H,10H2,1-2H3,(H,19,21)(H,20,22). The second kappa shape index (κ2) is 8.49. The molecule has 2 aromatic rings. The Hall–Kier alpha value is -3.35. The summed E-state index contributed by atoms with van der Waals surface area (Å²) in [5, 5.41) is 0. The molecule has 2 rings (SSSR count). The van der Waals surface area contributed by atoms with Crippen LogP contribution in [0.25, 0.3) is 0 Å². The van der Waals surface area contributed by atoms with Gasteiger partial charge >= 0.3 is 5.97 Å². The van der Waals surface area contributed by atoms with Crippen LogP contribution in [0.5, 0.6) is 5.75 Å². The number of hydrazine groups is 1. The van der Waals surface area contributed by atoms with Crippen LogP contribution in [-0.2, 0) is 16.0 Å². The topological polar surface area (TPSA) is 93.7 Å². The molecular weight excluding hydrogens is 324 g/mol. The molecule has 0 spiro atoms. The first kappa shape index (κ1) is 18.0. The van der Waals surface area contributed by atoms with Gasteiger partial charge < -0.3 is 9.47 Å². The van der Waals surface area contributed by atoms with E-state index in [4.69, 9.17) is 4.74 Å². The van der Waals surface area contributed by atoms with E-state index in [1.807, 2.05) is 0 Å². The molecule has 2 amide bonds. The van der Waals surface area contributed by atoms with Crippen LogP contribution in [0.3, 0.4) is 0 Å². The summed E-state index contributed by atoms with van der Waals surface area (Å²) in [5.41, 5.74) is 5.90. The van der Waals surface area contributed by atoms with Gasteiger partial charge in [0.05, 0.1) is 26.2 Å². The van der Waals surface area contributed by atoms with Crippen LogP contribution in [-0.4, -0.2) is 32.0 Å². The number of methoxy groups -OCH3 is 2. The Labute approximate surface area is 144 Å². The maximum Gasteiger partial charge on any atom is 0.337 e. The molecule has 0 radical (unpaired) electrons. The molecule has 25 heavy (non-hydrogen) atoms. The summed E-state index contributed by atoms with van der Waals surface area (Å²) in [7, 11) is 2.82. The minimum Gasteiger partial charge on any atom is -0.497 e. The largest absolute Gasteiger partial charge is 0.497 e. The highest BCUT2D eigenvalue weighted by molar-refractivity contribution is 5.98. The quantitative estimate of drug-likeness (QED) is 0.634. The third-order valence-electron chi connectivity index (χ3n) is 3.39. The molecule has 0 aliphatic heterocycles. The van der Waals surface area contributed by atoms with Crippen molar-refractivity contribution in [1.82, 2.24) is 10.9 Å². The lowest BCUT2D eigenvalue weighted by molar-refractivity contribution is -0.121. The van der Waals surface area contributed by atoms with Crippen LogP contribution >= 0.6 is 0 Å². The molecule has 2 N–H and O–H groups in total. The van der Waals surface area contributed by atoms with Gasteiger partial charge in [-0.3, -0.25) is 20.4 Å². The zero-order valence-electron chi connectivity index (χ0n) is 13.9. The SMILES string of the molecule is COC(=O)c1cccc(C(=O)NNC(=O)Cc2ccc(OC)cc2)c1. The van der Waals surface area contributed by atoms with Crippen LogP contribution in [0.2, 0.25) is 0 Å². The normalized spacial score (nSPS) is 9.84. The van der Waals surface area contributed by atoms with Crippen LogP contribution in [0.15, 0.2) is 48.5 Å². The van der Waals surface area contributed by atoms with E-state index in [1.54, 1.807) is 37.4 Å². The van der Waals surface area contributed by atoms with Gasteiger partial charge in [-0.2, -0.15) is 0 Å². The van der Waals surface area contributed by atoms with Gasteiger partial charge in [-0.15, -0.1) is 0 Å².